The highest BCUT2D eigenvalue weighted by Crippen LogP contribution is 2.27. The summed E-state index contributed by atoms with van der Waals surface area (Å²) in [5.41, 5.74) is 0.827. The Morgan fingerprint density at radius 1 is 1.06 bits per heavy atom. The summed E-state index contributed by atoms with van der Waals surface area (Å²) in [5.74, 6) is -0.148. The van der Waals surface area contributed by atoms with Crippen molar-refractivity contribution in [2.75, 3.05) is 6.61 Å². The fourth-order valence-corrected chi connectivity index (χ4v) is 4.47. The number of hydrogen-bond acceptors (Lipinski definition) is 3. The van der Waals surface area contributed by atoms with Gasteiger partial charge in [0.2, 0.25) is 5.91 Å². The minimum Gasteiger partial charge on any atom is -0.482 e. The molecule has 5 nitrogen and oxygen atoms in total. The van der Waals surface area contributed by atoms with Crippen LogP contribution < -0.4 is 10.1 Å². The Hall–Kier alpha value is -1.95. The lowest BCUT2D eigenvalue weighted by Crippen LogP contribution is -2.51. The monoisotopic (exact) mass is 496 g/mol. The predicted octanol–water partition coefficient (Wildman–Crippen LogP) is 5.89. The summed E-state index contributed by atoms with van der Waals surface area (Å²) in [7, 11) is 0. The van der Waals surface area contributed by atoms with E-state index >= 15 is 0 Å². The van der Waals surface area contributed by atoms with E-state index in [4.69, 9.17) is 39.5 Å². The van der Waals surface area contributed by atoms with Crippen LogP contribution in [-0.2, 0) is 16.1 Å². The van der Waals surface area contributed by atoms with E-state index in [-0.39, 0.29) is 31.0 Å². The maximum atomic E-state index is 13.1. The number of rotatable bonds is 8. The molecule has 0 radical (unpaired) electrons. The average molecular weight is 498 g/mol. The van der Waals surface area contributed by atoms with Gasteiger partial charge in [0.1, 0.15) is 11.8 Å². The minimum absolute atomic E-state index is 0.158. The highest BCUT2D eigenvalue weighted by atomic mass is 35.5. The number of amides is 2. The largest absolute Gasteiger partial charge is 0.482 e. The van der Waals surface area contributed by atoms with E-state index in [1.165, 1.54) is 11.3 Å². The van der Waals surface area contributed by atoms with Gasteiger partial charge in [0, 0.05) is 22.6 Å². The summed E-state index contributed by atoms with van der Waals surface area (Å²) in [6, 6.07) is 11.5. The van der Waals surface area contributed by atoms with Gasteiger partial charge in [-0.1, -0.05) is 66.2 Å². The van der Waals surface area contributed by atoms with E-state index in [2.05, 4.69) is 5.32 Å². The SMILES string of the molecule is C[C@H](C(=O)NC1CCCCC1)N(Cc1cccc(Cl)c1)C(=O)COc1ccc(Cl)cc1Cl. The quantitative estimate of drug-likeness (QED) is 0.494. The number of carbonyl (C=O) groups is 2. The van der Waals surface area contributed by atoms with Crippen molar-refractivity contribution in [2.45, 2.75) is 57.7 Å². The van der Waals surface area contributed by atoms with Crippen molar-refractivity contribution in [2.24, 2.45) is 0 Å². The van der Waals surface area contributed by atoms with Crippen LogP contribution in [0.4, 0.5) is 0 Å². The molecule has 1 aliphatic carbocycles. The Balaban J connectivity index is 1.72. The Morgan fingerprint density at radius 2 is 1.78 bits per heavy atom. The van der Waals surface area contributed by atoms with E-state index in [1.54, 1.807) is 37.3 Å². The summed E-state index contributed by atoms with van der Waals surface area (Å²) >= 11 is 18.2. The third kappa shape index (κ3) is 7.03. The van der Waals surface area contributed by atoms with Crippen molar-refractivity contribution in [1.29, 1.82) is 0 Å². The maximum absolute atomic E-state index is 13.1. The summed E-state index contributed by atoms with van der Waals surface area (Å²) in [6.07, 6.45) is 5.37. The number of ether oxygens (including phenoxy) is 1. The van der Waals surface area contributed by atoms with Crippen LogP contribution in [0.3, 0.4) is 0 Å². The standard InChI is InChI=1S/C24H27Cl3N2O3/c1-16(24(31)28-20-8-3-2-4-9-20)29(14-17-6-5-7-18(25)12-17)23(30)15-32-22-11-10-19(26)13-21(22)27/h5-7,10-13,16,20H,2-4,8-9,14-15H2,1H3,(H,28,31)/t16-/m1/s1. The second kappa shape index (κ2) is 11.8. The molecule has 0 aromatic heterocycles. The van der Waals surface area contributed by atoms with Crippen molar-refractivity contribution < 1.29 is 14.3 Å². The molecule has 0 aliphatic heterocycles. The van der Waals surface area contributed by atoms with Gasteiger partial charge in [-0.15, -0.1) is 0 Å². The van der Waals surface area contributed by atoms with Crippen LogP contribution in [0.1, 0.15) is 44.6 Å². The fourth-order valence-electron chi connectivity index (χ4n) is 3.80. The van der Waals surface area contributed by atoms with Crippen LogP contribution in [0.25, 0.3) is 0 Å². The fraction of sp³-hybridized carbons (Fsp3) is 0.417. The van der Waals surface area contributed by atoms with Crippen LogP contribution in [0.2, 0.25) is 15.1 Å². The van der Waals surface area contributed by atoms with Crippen molar-refractivity contribution in [3.8, 4) is 5.75 Å². The second-order valence-corrected chi connectivity index (χ2v) is 9.31. The molecule has 2 aromatic carbocycles. The Bertz CT molecular complexity index is 948. The molecule has 1 saturated carbocycles. The lowest BCUT2D eigenvalue weighted by atomic mass is 9.95. The molecule has 2 aromatic rings. The van der Waals surface area contributed by atoms with Crippen LogP contribution in [0.15, 0.2) is 42.5 Å². The van der Waals surface area contributed by atoms with E-state index in [9.17, 15) is 9.59 Å². The Kier molecular flexibility index (Phi) is 9.09. The normalized spacial score (nSPS) is 15.1. The van der Waals surface area contributed by atoms with E-state index in [1.807, 2.05) is 12.1 Å². The summed E-state index contributed by atoms with van der Waals surface area (Å²) in [5, 5.41) is 4.46. The lowest BCUT2D eigenvalue weighted by Gasteiger charge is -2.31. The van der Waals surface area contributed by atoms with Crippen LogP contribution in [-0.4, -0.2) is 35.4 Å². The molecule has 0 saturated heterocycles. The van der Waals surface area contributed by atoms with E-state index in [0.29, 0.717) is 20.8 Å². The van der Waals surface area contributed by atoms with Crippen molar-refractivity contribution in [1.82, 2.24) is 10.2 Å². The number of hydrogen-bond donors (Lipinski definition) is 1. The van der Waals surface area contributed by atoms with Crippen LogP contribution in [0, 0.1) is 0 Å². The van der Waals surface area contributed by atoms with Gasteiger partial charge in [0.05, 0.1) is 5.02 Å². The molecular formula is C24H27Cl3N2O3. The second-order valence-electron chi connectivity index (χ2n) is 8.03. The number of nitrogens with zero attached hydrogens (tertiary/aromatic N) is 1. The molecule has 0 bridgehead atoms. The highest BCUT2D eigenvalue weighted by molar-refractivity contribution is 6.35. The molecule has 2 amide bonds. The third-order valence-electron chi connectivity index (χ3n) is 5.61. The van der Waals surface area contributed by atoms with Crippen molar-refractivity contribution in [3.05, 3.63) is 63.1 Å². The molecule has 1 atom stereocenters. The summed E-state index contributed by atoms with van der Waals surface area (Å²) < 4.78 is 5.64. The zero-order chi connectivity index (χ0) is 23.1. The summed E-state index contributed by atoms with van der Waals surface area (Å²) in [4.78, 5) is 27.6. The molecule has 1 aliphatic rings. The van der Waals surface area contributed by atoms with Crippen LogP contribution >= 0.6 is 34.8 Å². The Morgan fingerprint density at radius 3 is 2.47 bits per heavy atom. The molecule has 0 heterocycles. The molecule has 172 valence electrons. The molecule has 8 heteroatoms. The molecule has 1 fully saturated rings. The third-order valence-corrected chi connectivity index (χ3v) is 6.37. The minimum atomic E-state index is -0.673. The van der Waals surface area contributed by atoms with E-state index < -0.39 is 6.04 Å². The highest BCUT2D eigenvalue weighted by Gasteiger charge is 2.28. The molecule has 3 rings (SSSR count). The van der Waals surface area contributed by atoms with Gasteiger partial charge in [0.25, 0.3) is 5.91 Å². The maximum Gasteiger partial charge on any atom is 0.261 e. The van der Waals surface area contributed by atoms with Gasteiger partial charge in [-0.05, 0) is 55.7 Å². The average Bonchev–Trinajstić information content (AvgIpc) is 2.77. The molecule has 1 N–H and O–H groups in total. The first-order chi connectivity index (χ1) is 15.3. The first kappa shape index (κ1) is 24.7. The van der Waals surface area contributed by atoms with Crippen molar-refractivity contribution >= 4 is 46.6 Å². The molecular weight excluding hydrogens is 471 g/mol. The van der Waals surface area contributed by atoms with E-state index in [0.717, 1.165) is 31.2 Å². The van der Waals surface area contributed by atoms with Gasteiger partial charge in [-0.2, -0.15) is 0 Å². The molecule has 0 unspecified atom stereocenters. The Labute approximate surface area is 204 Å². The number of carbonyl (C=O) groups excluding carboxylic acids is 2. The summed E-state index contributed by atoms with van der Waals surface area (Å²) in [6.45, 7) is 1.70. The number of benzene rings is 2. The zero-order valence-corrected chi connectivity index (χ0v) is 20.2. The number of nitrogens with one attached hydrogen (secondary N) is 1. The van der Waals surface area contributed by atoms with Gasteiger partial charge >= 0.3 is 0 Å². The number of halogens is 3. The van der Waals surface area contributed by atoms with Gasteiger partial charge in [0.15, 0.2) is 6.61 Å². The predicted molar refractivity (Wildman–Crippen MR) is 128 cm³/mol. The van der Waals surface area contributed by atoms with Gasteiger partial charge in [-0.3, -0.25) is 9.59 Å². The molecule has 32 heavy (non-hydrogen) atoms. The topological polar surface area (TPSA) is 58.6 Å². The van der Waals surface area contributed by atoms with Crippen molar-refractivity contribution in [3.63, 3.8) is 0 Å². The first-order valence-corrected chi connectivity index (χ1v) is 11.9. The van der Waals surface area contributed by atoms with Crippen LogP contribution in [0.5, 0.6) is 5.75 Å². The lowest BCUT2D eigenvalue weighted by molar-refractivity contribution is -0.142. The smallest absolute Gasteiger partial charge is 0.261 e. The van der Waals surface area contributed by atoms with Gasteiger partial charge < -0.3 is 15.0 Å². The first-order valence-electron chi connectivity index (χ1n) is 10.8. The zero-order valence-electron chi connectivity index (χ0n) is 18.0. The van der Waals surface area contributed by atoms with Gasteiger partial charge in [-0.25, -0.2) is 0 Å². The molecule has 0 spiro atoms.